The number of carbonyl (C=O) groups is 3. The van der Waals surface area contributed by atoms with E-state index in [4.69, 9.17) is 15.3 Å². The first kappa shape index (κ1) is 15.6. The number of hydrogen-bond donors (Lipinski definition) is 4. The Balaban J connectivity index is 3.40. The lowest BCUT2D eigenvalue weighted by molar-refractivity contribution is -0.173. The Kier molecular flexibility index (Phi) is 4.41. The monoisotopic (exact) mass is 283 g/mol. The summed E-state index contributed by atoms with van der Waals surface area (Å²) < 4.78 is 0. The smallest absolute Gasteiger partial charge is 0.337 e. The van der Waals surface area contributed by atoms with Gasteiger partial charge >= 0.3 is 17.9 Å². The van der Waals surface area contributed by atoms with Crippen LogP contribution in [0.4, 0.5) is 0 Å². The van der Waals surface area contributed by atoms with E-state index >= 15 is 0 Å². The van der Waals surface area contributed by atoms with E-state index in [0.717, 1.165) is 0 Å². The van der Waals surface area contributed by atoms with Gasteiger partial charge in [0.2, 0.25) is 0 Å². The third-order valence-corrected chi connectivity index (χ3v) is 2.72. The van der Waals surface area contributed by atoms with Crippen molar-refractivity contribution in [1.82, 2.24) is 4.98 Å². The van der Waals surface area contributed by atoms with Gasteiger partial charge in [-0.15, -0.1) is 0 Å². The molecular weight excluding hydrogens is 270 g/mol. The van der Waals surface area contributed by atoms with Crippen molar-refractivity contribution in [2.45, 2.75) is 24.9 Å². The SMILES string of the molecule is Cc1cccc(C(C(=O)O)C(O)(CC(=O)O)C(=O)O)n1. The number of aliphatic carboxylic acids is 3. The van der Waals surface area contributed by atoms with Crippen LogP contribution in [0, 0.1) is 6.92 Å². The van der Waals surface area contributed by atoms with Crippen LogP contribution in [-0.4, -0.2) is 48.9 Å². The Morgan fingerprint density at radius 2 is 1.85 bits per heavy atom. The van der Waals surface area contributed by atoms with Gasteiger partial charge in [0.05, 0.1) is 12.1 Å². The third kappa shape index (κ3) is 3.09. The van der Waals surface area contributed by atoms with E-state index in [-0.39, 0.29) is 5.69 Å². The molecule has 0 bridgehead atoms. The minimum absolute atomic E-state index is 0.219. The minimum atomic E-state index is -2.99. The van der Waals surface area contributed by atoms with E-state index < -0.39 is 35.8 Å². The summed E-state index contributed by atoms with van der Waals surface area (Å²) in [6.45, 7) is 1.55. The highest BCUT2D eigenvalue weighted by atomic mass is 16.4. The molecule has 0 saturated carbocycles. The van der Waals surface area contributed by atoms with Crippen LogP contribution in [0.25, 0.3) is 0 Å². The summed E-state index contributed by atoms with van der Waals surface area (Å²) in [6, 6.07) is 4.22. The molecule has 0 aliphatic rings. The second kappa shape index (κ2) is 5.66. The fraction of sp³-hybridized carbons (Fsp3) is 0.333. The predicted molar refractivity (Wildman–Crippen MR) is 64.2 cm³/mol. The first-order valence-corrected chi connectivity index (χ1v) is 5.52. The molecule has 4 N–H and O–H groups in total. The number of aryl methyl sites for hydroxylation is 1. The molecule has 0 radical (unpaired) electrons. The molecule has 1 rings (SSSR count). The molecule has 0 fully saturated rings. The van der Waals surface area contributed by atoms with Gasteiger partial charge in [-0.3, -0.25) is 14.6 Å². The Bertz CT molecular complexity index is 556. The average molecular weight is 283 g/mol. The van der Waals surface area contributed by atoms with Crippen molar-refractivity contribution in [2.24, 2.45) is 0 Å². The van der Waals surface area contributed by atoms with E-state index in [9.17, 15) is 19.5 Å². The van der Waals surface area contributed by atoms with Gasteiger partial charge in [0.25, 0.3) is 0 Å². The quantitative estimate of drug-likeness (QED) is 0.564. The molecule has 1 heterocycles. The maximum Gasteiger partial charge on any atom is 0.337 e. The van der Waals surface area contributed by atoms with Crippen molar-refractivity contribution in [3.05, 3.63) is 29.6 Å². The zero-order valence-electron chi connectivity index (χ0n) is 10.5. The fourth-order valence-corrected chi connectivity index (χ4v) is 1.83. The van der Waals surface area contributed by atoms with Crippen LogP contribution in [0.1, 0.15) is 23.7 Å². The lowest BCUT2D eigenvalue weighted by Gasteiger charge is -2.27. The van der Waals surface area contributed by atoms with Gasteiger partial charge in [-0.05, 0) is 19.1 Å². The highest BCUT2D eigenvalue weighted by Gasteiger charge is 2.51. The summed E-state index contributed by atoms with van der Waals surface area (Å²) in [5.41, 5.74) is -2.79. The second-order valence-corrected chi connectivity index (χ2v) is 4.28. The Hall–Kier alpha value is -2.48. The number of nitrogens with zero attached hydrogens (tertiary/aromatic N) is 1. The summed E-state index contributed by atoms with van der Waals surface area (Å²) in [6.07, 6.45) is -1.26. The maximum atomic E-state index is 11.3. The Labute approximate surface area is 113 Å². The summed E-state index contributed by atoms with van der Waals surface area (Å²) in [5.74, 6) is -7.23. The van der Waals surface area contributed by atoms with Crippen LogP contribution >= 0.6 is 0 Å². The zero-order valence-corrected chi connectivity index (χ0v) is 10.5. The third-order valence-electron chi connectivity index (χ3n) is 2.72. The topological polar surface area (TPSA) is 145 Å². The first-order valence-electron chi connectivity index (χ1n) is 5.52. The minimum Gasteiger partial charge on any atom is -0.481 e. The van der Waals surface area contributed by atoms with Crippen LogP contribution in [-0.2, 0) is 14.4 Å². The molecule has 0 aliphatic heterocycles. The molecular formula is C12H13NO7. The number of carboxylic acids is 3. The van der Waals surface area contributed by atoms with E-state index in [1.54, 1.807) is 13.0 Å². The highest BCUT2D eigenvalue weighted by molar-refractivity contribution is 5.92. The summed E-state index contributed by atoms with van der Waals surface area (Å²) >= 11 is 0. The van der Waals surface area contributed by atoms with E-state index in [1.165, 1.54) is 12.1 Å². The van der Waals surface area contributed by atoms with Gasteiger partial charge in [0.15, 0.2) is 5.60 Å². The van der Waals surface area contributed by atoms with Crippen LogP contribution in [0.3, 0.4) is 0 Å². The number of aromatic nitrogens is 1. The van der Waals surface area contributed by atoms with Gasteiger partial charge in [-0.1, -0.05) is 6.07 Å². The molecule has 8 nitrogen and oxygen atoms in total. The normalized spacial score (nSPS) is 15.1. The summed E-state index contributed by atoms with van der Waals surface area (Å²) in [4.78, 5) is 37.0. The van der Waals surface area contributed by atoms with Crippen molar-refractivity contribution in [2.75, 3.05) is 0 Å². The van der Waals surface area contributed by atoms with Crippen molar-refractivity contribution in [3.8, 4) is 0 Å². The molecule has 20 heavy (non-hydrogen) atoms. The number of pyridine rings is 1. The van der Waals surface area contributed by atoms with Crippen molar-refractivity contribution >= 4 is 17.9 Å². The average Bonchev–Trinajstić information content (AvgIpc) is 2.27. The van der Waals surface area contributed by atoms with Gasteiger partial charge in [-0.2, -0.15) is 0 Å². The van der Waals surface area contributed by atoms with Crippen LogP contribution in [0.5, 0.6) is 0 Å². The molecule has 1 aromatic heterocycles. The van der Waals surface area contributed by atoms with Gasteiger partial charge in [0.1, 0.15) is 5.92 Å². The standard InChI is InChI=1S/C12H13NO7/c1-6-3-2-4-7(13-6)9(10(16)17)12(20,11(18)19)5-8(14)15/h2-4,9,20H,5H2,1H3,(H,14,15)(H,16,17)(H,18,19). The van der Waals surface area contributed by atoms with E-state index in [1.807, 2.05) is 0 Å². The van der Waals surface area contributed by atoms with Gasteiger partial charge in [-0.25, -0.2) is 4.79 Å². The van der Waals surface area contributed by atoms with Crippen LogP contribution in [0.15, 0.2) is 18.2 Å². The zero-order chi connectivity index (χ0) is 15.5. The molecule has 1 aromatic rings. The van der Waals surface area contributed by atoms with E-state index in [0.29, 0.717) is 5.69 Å². The molecule has 0 aromatic carbocycles. The molecule has 0 saturated heterocycles. The number of aliphatic hydroxyl groups is 1. The molecule has 8 heteroatoms. The molecule has 108 valence electrons. The molecule has 2 unspecified atom stereocenters. The maximum absolute atomic E-state index is 11.3. The lowest BCUT2D eigenvalue weighted by atomic mass is 9.82. The molecule has 2 atom stereocenters. The highest BCUT2D eigenvalue weighted by Crippen LogP contribution is 2.31. The summed E-state index contributed by atoms with van der Waals surface area (Å²) in [5, 5.41) is 36.9. The molecule has 0 spiro atoms. The van der Waals surface area contributed by atoms with Gasteiger partial charge < -0.3 is 20.4 Å². The Morgan fingerprint density at radius 3 is 2.25 bits per heavy atom. The number of carboxylic acid groups (broad SMARTS) is 3. The number of rotatable bonds is 6. The summed E-state index contributed by atoms with van der Waals surface area (Å²) in [7, 11) is 0. The van der Waals surface area contributed by atoms with Crippen LogP contribution < -0.4 is 0 Å². The second-order valence-electron chi connectivity index (χ2n) is 4.28. The first-order chi connectivity index (χ1) is 9.18. The number of hydrogen-bond acceptors (Lipinski definition) is 5. The van der Waals surface area contributed by atoms with Gasteiger partial charge in [0, 0.05) is 5.69 Å². The van der Waals surface area contributed by atoms with Crippen LogP contribution in [0.2, 0.25) is 0 Å². The van der Waals surface area contributed by atoms with E-state index in [2.05, 4.69) is 4.98 Å². The molecule has 0 amide bonds. The fourth-order valence-electron chi connectivity index (χ4n) is 1.83. The van der Waals surface area contributed by atoms with Crippen molar-refractivity contribution in [3.63, 3.8) is 0 Å². The lowest BCUT2D eigenvalue weighted by Crippen LogP contribution is -2.49. The Morgan fingerprint density at radius 1 is 1.25 bits per heavy atom. The largest absolute Gasteiger partial charge is 0.481 e. The molecule has 0 aliphatic carbocycles. The van der Waals surface area contributed by atoms with Crippen molar-refractivity contribution < 1.29 is 34.8 Å². The van der Waals surface area contributed by atoms with Crippen molar-refractivity contribution in [1.29, 1.82) is 0 Å². The predicted octanol–water partition coefficient (Wildman–Crippen LogP) is -0.151.